The lowest BCUT2D eigenvalue weighted by atomic mass is 10.1. The number of aryl methyl sites for hydroxylation is 1. The largest absolute Gasteiger partial charge is 0.481 e. The Labute approximate surface area is 119 Å². The summed E-state index contributed by atoms with van der Waals surface area (Å²) in [7, 11) is 0. The fourth-order valence-corrected chi connectivity index (χ4v) is 2.51. The van der Waals surface area contributed by atoms with Gasteiger partial charge >= 0.3 is 11.7 Å². The third-order valence-corrected chi connectivity index (χ3v) is 3.62. The van der Waals surface area contributed by atoms with Gasteiger partial charge in [-0.1, -0.05) is 37.2 Å². The minimum absolute atomic E-state index is 0.141. The maximum atomic E-state index is 11.8. The number of carboxylic acids is 1. The van der Waals surface area contributed by atoms with Crippen molar-refractivity contribution in [2.45, 2.75) is 24.9 Å². The number of aliphatic carboxylic acids is 1. The van der Waals surface area contributed by atoms with Gasteiger partial charge in [-0.25, -0.2) is 14.5 Å². The van der Waals surface area contributed by atoms with Gasteiger partial charge in [0.1, 0.15) is 0 Å². The van der Waals surface area contributed by atoms with Crippen molar-refractivity contribution in [1.82, 2.24) is 14.8 Å². The summed E-state index contributed by atoms with van der Waals surface area (Å²) in [4.78, 5) is 22.4. The third-order valence-electron chi connectivity index (χ3n) is 2.70. The van der Waals surface area contributed by atoms with E-state index in [0.717, 1.165) is 24.6 Å². The molecule has 0 spiro atoms. The zero-order valence-corrected chi connectivity index (χ0v) is 11.8. The molecule has 0 bridgehead atoms. The molecule has 20 heavy (non-hydrogen) atoms. The average Bonchev–Trinajstić information content (AvgIpc) is 2.79. The molecule has 0 aliphatic heterocycles. The summed E-state index contributed by atoms with van der Waals surface area (Å²) in [5, 5.41) is 15.2. The van der Waals surface area contributed by atoms with Crippen molar-refractivity contribution in [3.63, 3.8) is 0 Å². The van der Waals surface area contributed by atoms with Crippen LogP contribution in [0.15, 0.2) is 34.2 Å². The monoisotopic (exact) mass is 293 g/mol. The van der Waals surface area contributed by atoms with Crippen molar-refractivity contribution in [2.75, 3.05) is 5.75 Å². The molecule has 0 amide bonds. The van der Waals surface area contributed by atoms with E-state index >= 15 is 0 Å². The molecule has 2 rings (SSSR count). The van der Waals surface area contributed by atoms with Crippen molar-refractivity contribution in [1.29, 1.82) is 0 Å². The van der Waals surface area contributed by atoms with Gasteiger partial charge in [-0.05, 0) is 24.1 Å². The van der Waals surface area contributed by atoms with Gasteiger partial charge in [-0.3, -0.25) is 4.79 Å². The molecule has 0 aliphatic carbocycles. The smallest absolute Gasteiger partial charge is 0.348 e. The highest BCUT2D eigenvalue weighted by molar-refractivity contribution is 7.99. The molecule has 0 unspecified atom stereocenters. The first kappa shape index (κ1) is 14.4. The second kappa shape index (κ2) is 6.42. The molecule has 0 fully saturated rings. The van der Waals surface area contributed by atoms with Crippen LogP contribution in [0.5, 0.6) is 0 Å². The molecule has 0 radical (unpaired) electrons. The number of hydrogen-bond acceptors (Lipinski definition) is 4. The first-order chi connectivity index (χ1) is 9.61. The van der Waals surface area contributed by atoms with Crippen molar-refractivity contribution in [3.05, 3.63) is 40.3 Å². The van der Waals surface area contributed by atoms with Gasteiger partial charge in [-0.15, -0.1) is 5.10 Å². The second-order valence-corrected chi connectivity index (χ2v) is 5.19. The number of rotatable bonds is 6. The Morgan fingerprint density at radius 2 is 2.10 bits per heavy atom. The number of benzene rings is 1. The van der Waals surface area contributed by atoms with Crippen LogP contribution in [0.1, 0.15) is 18.9 Å². The van der Waals surface area contributed by atoms with Crippen LogP contribution in [-0.4, -0.2) is 31.6 Å². The molecule has 6 nitrogen and oxygen atoms in total. The summed E-state index contributed by atoms with van der Waals surface area (Å²) in [5.41, 5.74) is 1.50. The lowest BCUT2D eigenvalue weighted by Gasteiger charge is -2.05. The van der Waals surface area contributed by atoms with E-state index in [1.54, 1.807) is 0 Å². The molecule has 2 aromatic rings. The maximum absolute atomic E-state index is 11.8. The van der Waals surface area contributed by atoms with E-state index < -0.39 is 5.97 Å². The lowest BCUT2D eigenvalue weighted by Crippen LogP contribution is -2.15. The number of aromatic nitrogens is 3. The number of hydrogen-bond donors (Lipinski definition) is 2. The summed E-state index contributed by atoms with van der Waals surface area (Å²) in [6, 6.07) is 7.60. The fraction of sp³-hybridized carbons (Fsp3) is 0.308. The number of thioether (sulfide) groups is 1. The lowest BCUT2D eigenvalue weighted by molar-refractivity contribution is -0.133. The summed E-state index contributed by atoms with van der Waals surface area (Å²) >= 11 is 1.01. The number of H-pyrrole nitrogens is 1. The van der Waals surface area contributed by atoms with E-state index in [1.165, 1.54) is 10.1 Å². The molecule has 1 aromatic carbocycles. The van der Waals surface area contributed by atoms with E-state index in [4.69, 9.17) is 5.11 Å². The van der Waals surface area contributed by atoms with Crippen LogP contribution in [0.25, 0.3) is 5.69 Å². The molecular formula is C13H15N3O3S. The van der Waals surface area contributed by atoms with E-state index in [1.807, 2.05) is 24.3 Å². The molecule has 1 aromatic heterocycles. The van der Waals surface area contributed by atoms with Crippen LogP contribution in [0, 0.1) is 0 Å². The Kier molecular flexibility index (Phi) is 4.62. The van der Waals surface area contributed by atoms with Gasteiger partial charge in [0, 0.05) is 0 Å². The maximum Gasteiger partial charge on any atom is 0.348 e. The van der Waals surface area contributed by atoms with Crippen molar-refractivity contribution in [2.24, 2.45) is 0 Å². The van der Waals surface area contributed by atoms with Crippen molar-refractivity contribution >= 4 is 17.7 Å². The molecule has 0 saturated heterocycles. The first-order valence-corrected chi connectivity index (χ1v) is 7.21. The summed E-state index contributed by atoms with van der Waals surface area (Å²) in [5.74, 6) is -1.09. The Morgan fingerprint density at radius 1 is 1.40 bits per heavy atom. The van der Waals surface area contributed by atoms with Gasteiger partial charge in [-0.2, -0.15) is 0 Å². The predicted molar refractivity (Wildman–Crippen MR) is 76.5 cm³/mol. The van der Waals surface area contributed by atoms with Crippen LogP contribution >= 0.6 is 11.8 Å². The molecule has 7 heteroatoms. The molecule has 106 valence electrons. The first-order valence-electron chi connectivity index (χ1n) is 6.23. The molecule has 0 aliphatic rings. The van der Waals surface area contributed by atoms with Crippen molar-refractivity contribution in [3.8, 4) is 5.69 Å². The number of carbonyl (C=O) groups is 1. The zero-order chi connectivity index (χ0) is 14.5. The zero-order valence-electron chi connectivity index (χ0n) is 11.0. The Hall–Kier alpha value is -2.02. The summed E-state index contributed by atoms with van der Waals surface area (Å²) in [6.07, 6.45) is 2.05. The molecule has 2 N–H and O–H groups in total. The van der Waals surface area contributed by atoms with E-state index in [9.17, 15) is 9.59 Å². The quantitative estimate of drug-likeness (QED) is 0.791. The van der Waals surface area contributed by atoms with E-state index in [-0.39, 0.29) is 11.4 Å². The second-order valence-electron chi connectivity index (χ2n) is 4.25. The highest BCUT2D eigenvalue weighted by atomic mass is 32.2. The van der Waals surface area contributed by atoms with Crippen LogP contribution < -0.4 is 5.69 Å². The highest BCUT2D eigenvalue weighted by Gasteiger charge is 2.12. The molecule has 1 heterocycles. The van der Waals surface area contributed by atoms with Gasteiger partial charge < -0.3 is 5.11 Å². The minimum atomic E-state index is -0.949. The fourth-order valence-electron chi connectivity index (χ4n) is 1.83. The van der Waals surface area contributed by atoms with Crippen molar-refractivity contribution < 1.29 is 9.90 Å². The Bertz CT molecular complexity index is 646. The van der Waals surface area contributed by atoms with Gasteiger partial charge in [0.05, 0.1) is 11.4 Å². The molecule has 0 saturated carbocycles. The SMILES string of the molecule is CCCc1ccc(-n2c(SCC(=O)O)n[nH]c2=O)cc1. The standard InChI is InChI=1S/C13H15N3O3S/c1-2-3-9-4-6-10(7-5-9)16-12(19)14-15-13(16)20-8-11(17)18/h4-7H,2-3,8H2,1H3,(H,14,19)(H,17,18). The van der Waals surface area contributed by atoms with Crippen LogP contribution in [0.3, 0.4) is 0 Å². The Morgan fingerprint density at radius 3 is 2.70 bits per heavy atom. The van der Waals surface area contributed by atoms with Crippen LogP contribution in [-0.2, 0) is 11.2 Å². The van der Waals surface area contributed by atoms with Crippen LogP contribution in [0.2, 0.25) is 0 Å². The Balaban J connectivity index is 2.29. The summed E-state index contributed by atoms with van der Waals surface area (Å²) < 4.78 is 1.38. The number of nitrogens with zero attached hydrogens (tertiary/aromatic N) is 2. The number of carboxylic acid groups (broad SMARTS) is 1. The van der Waals surface area contributed by atoms with E-state index in [0.29, 0.717) is 10.8 Å². The van der Waals surface area contributed by atoms with Crippen LogP contribution in [0.4, 0.5) is 0 Å². The topological polar surface area (TPSA) is 88.0 Å². The number of aromatic amines is 1. The number of nitrogens with one attached hydrogen (secondary N) is 1. The summed E-state index contributed by atoms with van der Waals surface area (Å²) in [6.45, 7) is 2.11. The van der Waals surface area contributed by atoms with Gasteiger partial charge in [0.25, 0.3) is 0 Å². The molecule has 0 atom stereocenters. The predicted octanol–water partition coefficient (Wildman–Crippen LogP) is 1.69. The van der Waals surface area contributed by atoms with Gasteiger partial charge in [0.15, 0.2) is 5.16 Å². The molecular weight excluding hydrogens is 278 g/mol. The third kappa shape index (κ3) is 3.30. The van der Waals surface area contributed by atoms with Gasteiger partial charge in [0.2, 0.25) is 0 Å². The van der Waals surface area contributed by atoms with E-state index in [2.05, 4.69) is 17.1 Å². The minimum Gasteiger partial charge on any atom is -0.481 e. The average molecular weight is 293 g/mol. The normalized spacial score (nSPS) is 10.7. The highest BCUT2D eigenvalue weighted by Crippen LogP contribution is 2.18.